The van der Waals surface area contributed by atoms with Gasteiger partial charge in [-0.1, -0.05) is 17.3 Å². The van der Waals surface area contributed by atoms with Crippen molar-refractivity contribution in [3.63, 3.8) is 0 Å². The lowest BCUT2D eigenvalue weighted by Gasteiger charge is -2.00. The minimum Gasteiger partial charge on any atom is -0.367 e. The molecule has 3 rings (SSSR count). The number of benzene rings is 1. The minimum absolute atomic E-state index is 0.152. The third-order valence-corrected chi connectivity index (χ3v) is 2.51. The molecule has 0 saturated heterocycles. The largest absolute Gasteiger partial charge is 0.367 e. The van der Waals surface area contributed by atoms with Gasteiger partial charge >= 0.3 is 0 Å². The van der Waals surface area contributed by atoms with E-state index in [9.17, 15) is 4.39 Å². The first-order valence-corrected chi connectivity index (χ1v) is 5.13. The normalized spacial score (nSPS) is 10.7. The monoisotopic (exact) mass is 245 g/mol. The van der Waals surface area contributed by atoms with Gasteiger partial charge in [-0.2, -0.15) is 15.4 Å². The van der Waals surface area contributed by atoms with Gasteiger partial charge in [-0.05, 0) is 17.7 Å². The van der Waals surface area contributed by atoms with Gasteiger partial charge in [0.2, 0.25) is 5.88 Å². The molecule has 0 amide bonds. The first-order valence-electron chi connectivity index (χ1n) is 5.13. The summed E-state index contributed by atoms with van der Waals surface area (Å²) in [7, 11) is 0. The number of aromatic nitrogens is 4. The molecule has 0 unspecified atom stereocenters. The fourth-order valence-corrected chi connectivity index (χ4v) is 1.69. The van der Waals surface area contributed by atoms with Crippen molar-refractivity contribution in [1.29, 1.82) is 0 Å². The number of nitrogens with two attached hydrogens (primary N) is 1. The van der Waals surface area contributed by atoms with Crippen LogP contribution in [-0.4, -0.2) is 20.6 Å². The molecule has 0 radical (unpaired) electrons. The van der Waals surface area contributed by atoms with Gasteiger partial charge in [0.1, 0.15) is 17.2 Å². The first kappa shape index (κ1) is 10.5. The van der Waals surface area contributed by atoms with E-state index in [1.54, 1.807) is 12.1 Å². The van der Waals surface area contributed by atoms with Crippen molar-refractivity contribution in [3.05, 3.63) is 36.3 Å². The summed E-state index contributed by atoms with van der Waals surface area (Å²) in [4.78, 5) is 0. The van der Waals surface area contributed by atoms with Crippen molar-refractivity contribution in [2.45, 2.75) is 0 Å². The Morgan fingerprint density at radius 1 is 1.22 bits per heavy atom. The van der Waals surface area contributed by atoms with Crippen molar-refractivity contribution < 1.29 is 8.91 Å². The predicted octanol–water partition coefficient (Wildman–Crippen LogP) is 1.85. The highest BCUT2D eigenvalue weighted by Crippen LogP contribution is 2.34. The lowest BCUT2D eigenvalue weighted by Crippen LogP contribution is -1.88. The van der Waals surface area contributed by atoms with Crippen LogP contribution in [0.4, 0.5) is 10.3 Å². The Kier molecular flexibility index (Phi) is 2.30. The molecule has 6 nitrogen and oxygen atoms in total. The van der Waals surface area contributed by atoms with E-state index in [0.29, 0.717) is 22.5 Å². The molecule has 0 aliphatic carbocycles. The maximum absolute atomic E-state index is 12.9. The van der Waals surface area contributed by atoms with Crippen LogP contribution in [0.3, 0.4) is 0 Å². The fourth-order valence-electron chi connectivity index (χ4n) is 1.69. The van der Waals surface area contributed by atoms with Gasteiger partial charge in [0.15, 0.2) is 0 Å². The third-order valence-electron chi connectivity index (χ3n) is 2.51. The first-order chi connectivity index (χ1) is 8.75. The second-order valence-corrected chi connectivity index (χ2v) is 3.63. The molecular weight excluding hydrogens is 237 g/mol. The van der Waals surface area contributed by atoms with Crippen LogP contribution in [0.1, 0.15) is 0 Å². The van der Waals surface area contributed by atoms with Crippen molar-refractivity contribution in [1.82, 2.24) is 20.6 Å². The summed E-state index contributed by atoms with van der Waals surface area (Å²) < 4.78 is 17.9. The average molecular weight is 245 g/mol. The summed E-state index contributed by atoms with van der Waals surface area (Å²) in [5.41, 5.74) is 7.99. The van der Waals surface area contributed by atoms with Crippen LogP contribution in [0.15, 0.2) is 35.0 Å². The molecule has 7 heteroatoms. The molecule has 0 fully saturated rings. The molecule has 3 aromatic rings. The maximum atomic E-state index is 12.9. The van der Waals surface area contributed by atoms with Gasteiger partial charge in [-0.15, -0.1) is 0 Å². The molecule has 3 N–H and O–H groups in total. The van der Waals surface area contributed by atoms with E-state index in [2.05, 4.69) is 20.6 Å². The van der Waals surface area contributed by atoms with Crippen LogP contribution in [-0.2, 0) is 0 Å². The van der Waals surface area contributed by atoms with E-state index in [0.717, 1.165) is 0 Å². The van der Waals surface area contributed by atoms with Crippen LogP contribution in [0.5, 0.6) is 0 Å². The lowest BCUT2D eigenvalue weighted by atomic mass is 10.0. The van der Waals surface area contributed by atoms with Gasteiger partial charge in [-0.3, -0.25) is 0 Å². The maximum Gasteiger partial charge on any atom is 0.230 e. The van der Waals surface area contributed by atoms with E-state index >= 15 is 0 Å². The predicted molar refractivity (Wildman–Crippen MR) is 61.7 cm³/mol. The molecule has 0 aliphatic rings. The number of nitrogens with one attached hydrogen (secondary N) is 1. The van der Waals surface area contributed by atoms with E-state index < -0.39 is 0 Å². The molecule has 90 valence electrons. The van der Waals surface area contributed by atoms with Gasteiger partial charge in [0, 0.05) is 0 Å². The number of H-pyrrole nitrogens is 1. The lowest BCUT2D eigenvalue weighted by molar-refractivity contribution is 0.439. The van der Waals surface area contributed by atoms with E-state index in [4.69, 9.17) is 10.3 Å². The highest BCUT2D eigenvalue weighted by molar-refractivity contribution is 5.85. The average Bonchev–Trinajstić information content (AvgIpc) is 2.99. The van der Waals surface area contributed by atoms with Crippen molar-refractivity contribution in [3.8, 4) is 22.5 Å². The zero-order chi connectivity index (χ0) is 12.5. The number of nitrogen functional groups attached to an aromatic ring is 1. The number of hydrogen-bond donors (Lipinski definition) is 2. The Hall–Kier alpha value is -2.70. The highest BCUT2D eigenvalue weighted by Gasteiger charge is 2.19. The smallest absolute Gasteiger partial charge is 0.230 e. The number of aromatic amines is 1. The van der Waals surface area contributed by atoms with Gasteiger partial charge in [0.05, 0.1) is 11.8 Å². The Bertz CT molecular complexity index is 659. The van der Waals surface area contributed by atoms with Crippen molar-refractivity contribution in [2.24, 2.45) is 0 Å². The Morgan fingerprint density at radius 3 is 2.67 bits per heavy atom. The number of hydrogen-bond acceptors (Lipinski definition) is 5. The SMILES string of the molecule is Nc1onc(-c2cn[nH]n2)c1-c1ccc(F)cc1. The van der Waals surface area contributed by atoms with E-state index in [1.807, 2.05) is 0 Å². The number of halogens is 1. The molecule has 2 aromatic heterocycles. The van der Waals surface area contributed by atoms with Gasteiger partial charge < -0.3 is 10.3 Å². The Balaban J connectivity index is 2.17. The molecule has 2 heterocycles. The Morgan fingerprint density at radius 2 is 2.00 bits per heavy atom. The van der Waals surface area contributed by atoms with E-state index in [1.165, 1.54) is 18.3 Å². The standard InChI is InChI=1S/C11H8FN5O/c12-7-3-1-6(2-4-7)9-10(16-18-11(9)13)8-5-14-17-15-8/h1-5H,13H2,(H,14,15,17). The summed E-state index contributed by atoms with van der Waals surface area (Å²) in [5, 5.41) is 13.9. The molecule has 0 spiro atoms. The number of rotatable bonds is 2. The van der Waals surface area contributed by atoms with Gasteiger partial charge in [-0.25, -0.2) is 4.39 Å². The van der Waals surface area contributed by atoms with Crippen LogP contribution in [0, 0.1) is 5.82 Å². The van der Waals surface area contributed by atoms with Gasteiger partial charge in [0.25, 0.3) is 0 Å². The van der Waals surface area contributed by atoms with Crippen LogP contribution >= 0.6 is 0 Å². The highest BCUT2D eigenvalue weighted by atomic mass is 19.1. The molecule has 0 atom stereocenters. The van der Waals surface area contributed by atoms with Crippen molar-refractivity contribution >= 4 is 5.88 Å². The van der Waals surface area contributed by atoms with Crippen molar-refractivity contribution in [2.75, 3.05) is 5.73 Å². The minimum atomic E-state index is -0.322. The molecular formula is C11H8FN5O. The zero-order valence-electron chi connectivity index (χ0n) is 9.09. The molecule has 0 aliphatic heterocycles. The van der Waals surface area contributed by atoms with Crippen LogP contribution < -0.4 is 5.73 Å². The summed E-state index contributed by atoms with van der Waals surface area (Å²) in [6.45, 7) is 0. The topological polar surface area (TPSA) is 93.6 Å². The number of anilines is 1. The van der Waals surface area contributed by atoms with Crippen LogP contribution in [0.25, 0.3) is 22.5 Å². The third kappa shape index (κ3) is 1.61. The second-order valence-electron chi connectivity index (χ2n) is 3.63. The molecule has 0 bridgehead atoms. The fraction of sp³-hybridized carbons (Fsp3) is 0. The summed E-state index contributed by atoms with van der Waals surface area (Å²) in [6, 6.07) is 5.88. The summed E-state index contributed by atoms with van der Waals surface area (Å²) in [6.07, 6.45) is 1.50. The van der Waals surface area contributed by atoms with E-state index in [-0.39, 0.29) is 11.7 Å². The summed E-state index contributed by atoms with van der Waals surface area (Å²) in [5.74, 6) is -0.170. The zero-order valence-corrected chi connectivity index (χ0v) is 9.09. The second kappa shape index (κ2) is 3.95. The number of nitrogens with zero attached hydrogens (tertiary/aromatic N) is 3. The molecule has 1 aromatic carbocycles. The van der Waals surface area contributed by atoms with Crippen LogP contribution in [0.2, 0.25) is 0 Å². The molecule has 0 saturated carbocycles. The summed E-state index contributed by atoms with van der Waals surface area (Å²) >= 11 is 0. The quantitative estimate of drug-likeness (QED) is 0.718. The Labute approximate surface area is 101 Å². The molecule has 18 heavy (non-hydrogen) atoms.